The molecule has 0 rings (SSSR count). The van der Waals surface area contributed by atoms with E-state index in [1.54, 1.807) is 0 Å². The molecule has 6 heteroatoms. The maximum absolute atomic E-state index is 11.5. The van der Waals surface area contributed by atoms with E-state index in [1.165, 1.54) is 6.42 Å². The minimum Gasteiger partial charge on any atom is -0.480 e. The van der Waals surface area contributed by atoms with Crippen LogP contribution < -0.4 is 0 Å². The van der Waals surface area contributed by atoms with Gasteiger partial charge in [0.2, 0.25) is 11.7 Å². The lowest BCUT2D eigenvalue weighted by Crippen LogP contribution is -2.36. The molecule has 0 fully saturated rings. The average Bonchev–Trinajstić information content (AvgIpc) is 2.36. The molecule has 2 N–H and O–H groups in total. The third-order valence-corrected chi connectivity index (χ3v) is 3.04. The first-order valence-corrected chi connectivity index (χ1v) is 6.94. The van der Waals surface area contributed by atoms with Crippen molar-refractivity contribution in [3.63, 3.8) is 0 Å². The summed E-state index contributed by atoms with van der Waals surface area (Å²) in [5.41, 5.74) is 0. The molecule has 0 bridgehead atoms. The van der Waals surface area contributed by atoms with Gasteiger partial charge in [-0.15, -0.1) is 0 Å². The number of hydrogen-bond acceptors (Lipinski definition) is 4. The minimum absolute atomic E-state index is 0.0797. The second-order valence-electron chi connectivity index (χ2n) is 4.77. The van der Waals surface area contributed by atoms with E-state index in [2.05, 4.69) is 6.92 Å². The molecule has 0 saturated carbocycles. The van der Waals surface area contributed by atoms with Crippen LogP contribution in [0, 0.1) is 5.92 Å². The van der Waals surface area contributed by atoms with E-state index in [-0.39, 0.29) is 6.42 Å². The first-order valence-electron chi connectivity index (χ1n) is 6.94. The predicted molar refractivity (Wildman–Crippen MR) is 71.4 cm³/mol. The summed E-state index contributed by atoms with van der Waals surface area (Å²) in [7, 11) is 0. The monoisotopic (exact) mass is 286 g/mol. The van der Waals surface area contributed by atoms with Crippen molar-refractivity contribution in [3.05, 3.63) is 0 Å². The molecule has 0 aromatic rings. The second-order valence-corrected chi connectivity index (χ2v) is 4.77. The van der Waals surface area contributed by atoms with Crippen LogP contribution in [0.1, 0.15) is 58.3 Å². The number of rotatable bonds is 12. The number of carboxylic acids is 2. The van der Waals surface area contributed by atoms with Gasteiger partial charge < -0.3 is 10.2 Å². The van der Waals surface area contributed by atoms with Crippen LogP contribution in [0.2, 0.25) is 0 Å². The topological polar surface area (TPSA) is 109 Å². The van der Waals surface area contributed by atoms with Crippen molar-refractivity contribution in [3.8, 4) is 0 Å². The van der Waals surface area contributed by atoms with E-state index < -0.39 is 29.4 Å². The van der Waals surface area contributed by atoms with Gasteiger partial charge >= 0.3 is 11.9 Å². The molecule has 114 valence electrons. The van der Waals surface area contributed by atoms with E-state index >= 15 is 0 Å². The van der Waals surface area contributed by atoms with Crippen molar-refractivity contribution in [1.29, 1.82) is 0 Å². The van der Waals surface area contributed by atoms with E-state index in [4.69, 9.17) is 10.2 Å². The normalized spacial score (nSPS) is 10.5. The molecule has 20 heavy (non-hydrogen) atoms. The van der Waals surface area contributed by atoms with Crippen LogP contribution in [-0.2, 0) is 19.2 Å². The van der Waals surface area contributed by atoms with Gasteiger partial charge in [0.15, 0.2) is 5.78 Å². The Kier molecular flexibility index (Phi) is 9.24. The Balaban J connectivity index is 3.99. The van der Waals surface area contributed by atoms with Gasteiger partial charge in [0.25, 0.3) is 0 Å². The van der Waals surface area contributed by atoms with Crippen molar-refractivity contribution in [2.45, 2.75) is 58.3 Å². The first-order chi connectivity index (χ1) is 9.41. The van der Waals surface area contributed by atoms with Gasteiger partial charge in [-0.1, -0.05) is 45.4 Å². The maximum atomic E-state index is 11.5. The van der Waals surface area contributed by atoms with Crippen molar-refractivity contribution >= 4 is 23.5 Å². The summed E-state index contributed by atoms with van der Waals surface area (Å²) in [5.74, 6) is -8.11. The van der Waals surface area contributed by atoms with Crippen LogP contribution in [0.15, 0.2) is 0 Å². The highest BCUT2D eigenvalue weighted by atomic mass is 16.4. The van der Waals surface area contributed by atoms with Gasteiger partial charge in [0.05, 0.1) is 0 Å². The van der Waals surface area contributed by atoms with E-state index in [0.29, 0.717) is 6.42 Å². The first kappa shape index (κ1) is 18.3. The molecular weight excluding hydrogens is 264 g/mol. The summed E-state index contributed by atoms with van der Waals surface area (Å²) >= 11 is 0. The summed E-state index contributed by atoms with van der Waals surface area (Å²) in [5, 5.41) is 17.2. The van der Waals surface area contributed by atoms with Gasteiger partial charge in [-0.25, -0.2) is 0 Å². The third-order valence-electron chi connectivity index (χ3n) is 3.04. The van der Waals surface area contributed by atoms with Crippen molar-refractivity contribution < 1.29 is 29.4 Å². The molecule has 0 unspecified atom stereocenters. The van der Waals surface area contributed by atoms with E-state index in [1.807, 2.05) is 0 Å². The Morgan fingerprint density at radius 3 is 1.70 bits per heavy atom. The third kappa shape index (κ3) is 7.01. The van der Waals surface area contributed by atoms with Gasteiger partial charge in [-0.05, 0) is 6.42 Å². The molecule has 0 aliphatic carbocycles. The number of carboxylic acid groups (broad SMARTS) is 2. The Morgan fingerprint density at radius 1 is 0.800 bits per heavy atom. The summed E-state index contributed by atoms with van der Waals surface area (Å²) in [4.78, 5) is 44.1. The molecule has 0 aromatic carbocycles. The summed E-state index contributed by atoms with van der Waals surface area (Å²) in [6.45, 7) is 2.12. The standard InChI is InChI=1S/C14H22O6/c1-2-3-4-5-6-7-8-9-10(15)12(16)11(13(17)18)14(19)20/h11H,2-9H2,1H3,(H,17,18)(H,19,20). The van der Waals surface area contributed by atoms with Crippen LogP contribution in [0.5, 0.6) is 0 Å². The molecule has 6 nitrogen and oxygen atoms in total. The zero-order chi connectivity index (χ0) is 15.5. The van der Waals surface area contributed by atoms with E-state index in [9.17, 15) is 19.2 Å². The van der Waals surface area contributed by atoms with Crippen molar-refractivity contribution in [1.82, 2.24) is 0 Å². The number of carbonyl (C=O) groups is 4. The molecular formula is C14H22O6. The fourth-order valence-electron chi connectivity index (χ4n) is 1.86. The summed E-state index contributed by atoms with van der Waals surface area (Å²) in [6, 6.07) is 0. The lowest BCUT2D eigenvalue weighted by Gasteiger charge is -2.05. The fourth-order valence-corrected chi connectivity index (χ4v) is 1.86. The lowest BCUT2D eigenvalue weighted by atomic mass is 9.97. The Labute approximate surface area is 118 Å². The van der Waals surface area contributed by atoms with Crippen LogP contribution in [0.3, 0.4) is 0 Å². The highest BCUT2D eigenvalue weighted by molar-refractivity contribution is 6.44. The Morgan fingerprint density at radius 2 is 1.25 bits per heavy atom. The highest BCUT2D eigenvalue weighted by Crippen LogP contribution is 2.10. The van der Waals surface area contributed by atoms with Crippen LogP contribution in [-0.4, -0.2) is 33.7 Å². The zero-order valence-electron chi connectivity index (χ0n) is 11.8. The zero-order valence-corrected chi connectivity index (χ0v) is 11.8. The average molecular weight is 286 g/mol. The van der Waals surface area contributed by atoms with Gasteiger partial charge in [-0.2, -0.15) is 0 Å². The number of ketones is 2. The Bertz CT molecular complexity index is 347. The SMILES string of the molecule is CCCCCCCCCC(=O)C(=O)C(C(=O)O)C(=O)O. The quantitative estimate of drug-likeness (QED) is 0.323. The minimum atomic E-state index is -2.27. The Hall–Kier alpha value is -1.72. The molecule has 0 atom stereocenters. The van der Waals surface area contributed by atoms with Gasteiger partial charge in [0.1, 0.15) is 0 Å². The molecule has 0 amide bonds. The fraction of sp³-hybridized carbons (Fsp3) is 0.714. The van der Waals surface area contributed by atoms with Crippen LogP contribution >= 0.6 is 0 Å². The molecule has 0 aliphatic rings. The summed E-state index contributed by atoms with van der Waals surface area (Å²) in [6.07, 6.45) is 6.70. The van der Waals surface area contributed by atoms with Crippen molar-refractivity contribution in [2.24, 2.45) is 5.92 Å². The molecule has 0 heterocycles. The smallest absolute Gasteiger partial charge is 0.326 e. The number of unbranched alkanes of at least 4 members (excludes halogenated alkanes) is 6. The second kappa shape index (κ2) is 10.1. The maximum Gasteiger partial charge on any atom is 0.326 e. The van der Waals surface area contributed by atoms with Gasteiger partial charge in [-0.3, -0.25) is 19.2 Å². The molecule has 0 radical (unpaired) electrons. The number of hydrogen-bond donors (Lipinski definition) is 2. The van der Waals surface area contributed by atoms with Gasteiger partial charge in [0, 0.05) is 6.42 Å². The molecule has 0 saturated heterocycles. The molecule has 0 spiro atoms. The largest absolute Gasteiger partial charge is 0.480 e. The number of carbonyl (C=O) groups excluding carboxylic acids is 2. The molecule has 0 aliphatic heterocycles. The van der Waals surface area contributed by atoms with Crippen molar-refractivity contribution in [2.75, 3.05) is 0 Å². The van der Waals surface area contributed by atoms with Crippen LogP contribution in [0.25, 0.3) is 0 Å². The summed E-state index contributed by atoms with van der Waals surface area (Å²) < 4.78 is 0. The lowest BCUT2D eigenvalue weighted by molar-refractivity contribution is -0.160. The van der Waals surface area contributed by atoms with Crippen LogP contribution in [0.4, 0.5) is 0 Å². The van der Waals surface area contributed by atoms with E-state index in [0.717, 1.165) is 32.1 Å². The highest BCUT2D eigenvalue weighted by Gasteiger charge is 2.37. The number of Topliss-reactive ketones (excluding diaryl/α,β-unsaturated/α-hetero) is 2. The number of aliphatic carboxylic acids is 2. The molecule has 0 aromatic heterocycles. The predicted octanol–water partition coefficient (Wildman–Crippen LogP) is 2.05.